The minimum Gasteiger partial charge on any atom is -0.463 e. The molecule has 0 spiro atoms. The molecule has 0 N–H and O–H groups in total. The minimum absolute atomic E-state index is 0.129. The van der Waals surface area contributed by atoms with Crippen LogP contribution in [0.15, 0.2) is 5.16 Å². The zero-order chi connectivity index (χ0) is 15.6. The van der Waals surface area contributed by atoms with Crippen molar-refractivity contribution in [3.8, 4) is 0 Å². The molecule has 6 heteroatoms. The van der Waals surface area contributed by atoms with E-state index in [0.29, 0.717) is 13.0 Å². The Labute approximate surface area is 122 Å². The molecule has 1 aliphatic heterocycles. The summed E-state index contributed by atoms with van der Waals surface area (Å²) in [6, 6.07) is 0. The maximum Gasteiger partial charge on any atom is 0.350 e. The highest BCUT2D eigenvalue weighted by Gasteiger charge is 2.41. The van der Waals surface area contributed by atoms with Gasteiger partial charge >= 0.3 is 5.97 Å². The van der Waals surface area contributed by atoms with Crippen LogP contribution in [0.25, 0.3) is 0 Å². The normalized spacial score (nSPS) is 21.1. The van der Waals surface area contributed by atoms with Crippen LogP contribution >= 0.6 is 0 Å². The fourth-order valence-corrected chi connectivity index (χ4v) is 3.06. The monoisotopic (exact) mass is 301 g/mol. The number of esters is 1. The molecule has 0 bridgehead atoms. The van der Waals surface area contributed by atoms with E-state index in [0.717, 1.165) is 5.71 Å². The average molecular weight is 301 g/mol. The molecule has 0 saturated heterocycles. The fourth-order valence-electron chi connectivity index (χ4n) is 1.68. The van der Waals surface area contributed by atoms with E-state index in [1.54, 1.807) is 6.92 Å². The van der Waals surface area contributed by atoms with E-state index in [9.17, 15) is 4.79 Å². The van der Waals surface area contributed by atoms with Gasteiger partial charge in [-0.05, 0) is 32.0 Å². The van der Waals surface area contributed by atoms with Crippen LogP contribution in [-0.2, 0) is 18.8 Å². The Bertz CT molecular complexity index is 387. The number of ether oxygens (including phenoxy) is 1. The van der Waals surface area contributed by atoms with Crippen LogP contribution in [-0.4, -0.2) is 38.8 Å². The summed E-state index contributed by atoms with van der Waals surface area (Å²) in [7, 11) is -1.85. The molecule has 0 aromatic rings. The summed E-state index contributed by atoms with van der Waals surface area (Å²) < 4.78 is 11.2. The Balaban J connectivity index is 2.59. The highest BCUT2D eigenvalue weighted by molar-refractivity contribution is 6.74. The zero-order valence-electron chi connectivity index (χ0n) is 13.6. The Kier molecular flexibility index (Phi) is 5.37. The smallest absolute Gasteiger partial charge is 0.350 e. The number of oxime groups is 1. The molecule has 0 radical (unpaired) electrons. The molecule has 2 atom stereocenters. The van der Waals surface area contributed by atoms with Gasteiger partial charge in [-0.15, -0.1) is 0 Å². The van der Waals surface area contributed by atoms with Crippen molar-refractivity contribution in [3.05, 3.63) is 0 Å². The third-order valence-corrected chi connectivity index (χ3v) is 8.54. The molecule has 1 rings (SSSR count). The van der Waals surface area contributed by atoms with Crippen LogP contribution in [0.3, 0.4) is 0 Å². The van der Waals surface area contributed by atoms with Gasteiger partial charge in [0, 0.05) is 6.42 Å². The Hall–Kier alpha value is -0.883. The van der Waals surface area contributed by atoms with Crippen LogP contribution in [0.1, 0.15) is 41.0 Å². The highest BCUT2D eigenvalue weighted by Crippen LogP contribution is 2.37. The van der Waals surface area contributed by atoms with Crippen LogP contribution in [0.5, 0.6) is 0 Å². The first kappa shape index (κ1) is 17.2. The molecule has 1 heterocycles. The Morgan fingerprint density at radius 3 is 2.60 bits per heavy atom. The molecule has 20 heavy (non-hydrogen) atoms. The van der Waals surface area contributed by atoms with Crippen LogP contribution in [0, 0.1) is 0 Å². The molecular weight excluding hydrogens is 274 g/mol. The van der Waals surface area contributed by atoms with Crippen molar-refractivity contribution in [3.63, 3.8) is 0 Å². The molecule has 116 valence electrons. The second-order valence-electron chi connectivity index (χ2n) is 6.65. The number of hydrogen-bond donors (Lipinski definition) is 0. The molecule has 0 aliphatic carbocycles. The van der Waals surface area contributed by atoms with Crippen molar-refractivity contribution in [2.24, 2.45) is 5.16 Å². The van der Waals surface area contributed by atoms with E-state index in [-0.39, 0.29) is 17.1 Å². The maximum atomic E-state index is 11.6. The molecule has 1 aliphatic rings. The van der Waals surface area contributed by atoms with Crippen molar-refractivity contribution < 1.29 is 18.8 Å². The predicted octanol–water partition coefficient (Wildman–Crippen LogP) is 3.10. The lowest BCUT2D eigenvalue weighted by molar-refractivity contribution is -0.154. The fraction of sp³-hybridized carbons (Fsp3) is 0.857. The van der Waals surface area contributed by atoms with E-state index in [4.69, 9.17) is 14.0 Å². The summed E-state index contributed by atoms with van der Waals surface area (Å²) in [4.78, 5) is 16.8. The van der Waals surface area contributed by atoms with Gasteiger partial charge in [0.25, 0.3) is 0 Å². The standard InChI is InChI=1S/C14H27NO4Si/c1-8-17-13(16)12-9-11(15-18-12)10(2)19-20(6,7)14(3,4)5/h10,12H,8-9H2,1-7H3. The van der Waals surface area contributed by atoms with Gasteiger partial charge in [-0.25, -0.2) is 4.79 Å². The maximum absolute atomic E-state index is 11.6. The number of rotatable bonds is 5. The third kappa shape index (κ3) is 4.05. The van der Waals surface area contributed by atoms with Crippen LogP contribution in [0.2, 0.25) is 18.1 Å². The molecule has 5 nitrogen and oxygen atoms in total. The summed E-state index contributed by atoms with van der Waals surface area (Å²) in [6.07, 6.45) is -0.292. The van der Waals surface area contributed by atoms with Gasteiger partial charge in [0.05, 0.1) is 18.4 Å². The lowest BCUT2D eigenvalue weighted by Crippen LogP contribution is -2.45. The summed E-state index contributed by atoms with van der Waals surface area (Å²) in [5.41, 5.74) is 0.785. The van der Waals surface area contributed by atoms with Crippen molar-refractivity contribution in [2.45, 2.75) is 71.4 Å². The second-order valence-corrected chi connectivity index (χ2v) is 11.4. The topological polar surface area (TPSA) is 57.1 Å². The van der Waals surface area contributed by atoms with Crippen molar-refractivity contribution in [1.82, 2.24) is 0 Å². The molecule has 0 aromatic heterocycles. The van der Waals surface area contributed by atoms with Gasteiger partial charge in [0.2, 0.25) is 6.10 Å². The van der Waals surface area contributed by atoms with Gasteiger partial charge < -0.3 is 14.0 Å². The van der Waals surface area contributed by atoms with Crippen molar-refractivity contribution in [2.75, 3.05) is 6.61 Å². The second kappa shape index (κ2) is 6.26. The van der Waals surface area contributed by atoms with E-state index in [2.05, 4.69) is 39.0 Å². The number of hydrogen-bond acceptors (Lipinski definition) is 5. The first-order chi connectivity index (χ1) is 9.08. The van der Waals surface area contributed by atoms with Crippen molar-refractivity contribution >= 4 is 20.0 Å². The Morgan fingerprint density at radius 2 is 2.10 bits per heavy atom. The van der Waals surface area contributed by atoms with E-state index in [1.807, 2.05) is 6.92 Å². The molecule has 0 fully saturated rings. The van der Waals surface area contributed by atoms with Gasteiger partial charge in [-0.1, -0.05) is 25.9 Å². The number of carbonyl (C=O) groups excluding carboxylic acids is 1. The summed E-state index contributed by atoms with van der Waals surface area (Å²) in [5.74, 6) is -0.356. The summed E-state index contributed by atoms with van der Waals surface area (Å²) in [5, 5.41) is 4.14. The molecule has 0 saturated carbocycles. The number of nitrogens with zero attached hydrogens (tertiary/aromatic N) is 1. The number of carbonyl (C=O) groups is 1. The van der Waals surface area contributed by atoms with Gasteiger partial charge in [0.15, 0.2) is 8.32 Å². The third-order valence-electron chi connectivity index (χ3n) is 3.99. The van der Waals surface area contributed by atoms with Crippen molar-refractivity contribution in [1.29, 1.82) is 0 Å². The Morgan fingerprint density at radius 1 is 1.50 bits per heavy atom. The summed E-state index contributed by atoms with van der Waals surface area (Å²) in [6.45, 7) is 15.1. The lowest BCUT2D eigenvalue weighted by atomic mass is 10.1. The van der Waals surface area contributed by atoms with Crippen LogP contribution in [0.4, 0.5) is 0 Å². The first-order valence-electron chi connectivity index (χ1n) is 7.15. The highest BCUT2D eigenvalue weighted by atomic mass is 28.4. The van der Waals surface area contributed by atoms with Gasteiger partial charge in [-0.2, -0.15) is 0 Å². The summed E-state index contributed by atoms with van der Waals surface area (Å²) >= 11 is 0. The van der Waals surface area contributed by atoms with Crippen LogP contribution < -0.4 is 0 Å². The van der Waals surface area contributed by atoms with E-state index in [1.165, 1.54) is 0 Å². The molecular formula is C14H27NO4Si. The molecule has 0 aromatic carbocycles. The SMILES string of the molecule is CCOC(=O)C1CC(C(C)O[Si](C)(C)C(C)(C)C)=NO1. The molecule has 2 unspecified atom stereocenters. The zero-order valence-corrected chi connectivity index (χ0v) is 14.6. The first-order valence-corrected chi connectivity index (χ1v) is 10.1. The van der Waals surface area contributed by atoms with E-state index >= 15 is 0 Å². The quantitative estimate of drug-likeness (QED) is 0.578. The van der Waals surface area contributed by atoms with Gasteiger partial charge in [0.1, 0.15) is 0 Å². The lowest BCUT2D eigenvalue weighted by Gasteiger charge is -2.38. The predicted molar refractivity (Wildman–Crippen MR) is 81.3 cm³/mol. The van der Waals surface area contributed by atoms with E-state index < -0.39 is 14.4 Å². The average Bonchev–Trinajstić information content (AvgIpc) is 2.76. The molecule has 0 amide bonds. The van der Waals surface area contributed by atoms with Gasteiger partial charge in [-0.3, -0.25) is 0 Å². The minimum atomic E-state index is -1.85. The largest absolute Gasteiger partial charge is 0.463 e.